The van der Waals surface area contributed by atoms with Gasteiger partial charge in [0, 0.05) is 25.7 Å². The molecule has 3 unspecified atom stereocenters. The molecule has 0 aromatic carbocycles. The molecule has 0 saturated heterocycles. The van der Waals surface area contributed by atoms with Gasteiger partial charge in [0.25, 0.3) is 0 Å². The van der Waals surface area contributed by atoms with Crippen LogP contribution in [0.3, 0.4) is 0 Å². The van der Waals surface area contributed by atoms with E-state index >= 15 is 0 Å². The average Bonchev–Trinajstić information content (AvgIpc) is 1.03. The first-order chi connectivity index (χ1) is 47.7. The highest BCUT2D eigenvalue weighted by Gasteiger charge is 2.30. The van der Waals surface area contributed by atoms with Crippen LogP contribution in [0.15, 0.2) is 24.3 Å². The number of unbranched alkanes of at least 4 members (excludes halogenated alkanes) is 41. The minimum Gasteiger partial charge on any atom is -0.462 e. The molecule has 0 aliphatic rings. The molecule has 0 spiro atoms. The van der Waals surface area contributed by atoms with Gasteiger partial charge in [0.05, 0.1) is 26.4 Å². The first kappa shape index (κ1) is 96.5. The van der Waals surface area contributed by atoms with Gasteiger partial charge in [0.1, 0.15) is 19.3 Å². The minimum absolute atomic E-state index is 0.0849. The Morgan fingerprint density at radius 2 is 0.545 bits per heavy atom. The molecule has 0 saturated carbocycles. The third-order valence-corrected chi connectivity index (χ3v) is 19.9. The zero-order valence-electron chi connectivity index (χ0n) is 64.4. The number of ether oxygens (including phenoxy) is 4. The summed E-state index contributed by atoms with van der Waals surface area (Å²) in [6.07, 6.45) is 60.5. The Hall–Kier alpha value is -2.46. The molecule has 0 aliphatic heterocycles. The van der Waals surface area contributed by atoms with Crippen molar-refractivity contribution < 1.29 is 80.2 Å². The zero-order valence-corrected chi connectivity index (χ0v) is 66.2. The fraction of sp³-hybridized carbons (Fsp3) is 0.900. The van der Waals surface area contributed by atoms with Crippen LogP contribution in [0.25, 0.3) is 0 Å². The van der Waals surface area contributed by atoms with Crippen molar-refractivity contribution in [1.82, 2.24) is 0 Å². The average molecular weight is 1450 g/mol. The molecule has 0 amide bonds. The second kappa shape index (κ2) is 69.9. The number of carbonyl (C=O) groups excluding carboxylic acids is 4. The van der Waals surface area contributed by atoms with Crippen molar-refractivity contribution in [2.45, 2.75) is 407 Å². The number of allylic oxidation sites excluding steroid dienone is 4. The third kappa shape index (κ3) is 73.6. The minimum atomic E-state index is -4.97. The third-order valence-electron chi connectivity index (χ3n) is 18.0. The normalized spacial score (nSPS) is 14.2. The Balaban J connectivity index is 5.27. The van der Waals surface area contributed by atoms with Gasteiger partial charge in [-0.25, -0.2) is 9.13 Å². The fourth-order valence-corrected chi connectivity index (χ4v) is 13.3. The first-order valence-corrected chi connectivity index (χ1v) is 43.7. The fourth-order valence-electron chi connectivity index (χ4n) is 11.8. The molecule has 0 heterocycles. The number of rotatable bonds is 76. The van der Waals surface area contributed by atoms with Crippen LogP contribution in [0.1, 0.15) is 389 Å². The predicted octanol–water partition coefficient (Wildman–Crippen LogP) is 23.3. The van der Waals surface area contributed by atoms with E-state index in [2.05, 4.69) is 72.8 Å². The molecule has 0 aromatic rings. The summed E-state index contributed by atoms with van der Waals surface area (Å²) in [5.74, 6) is 0.150. The Morgan fingerprint density at radius 1 is 0.313 bits per heavy atom. The van der Waals surface area contributed by atoms with E-state index in [9.17, 15) is 43.2 Å². The van der Waals surface area contributed by atoms with Gasteiger partial charge in [-0.2, -0.15) is 0 Å². The van der Waals surface area contributed by atoms with Crippen molar-refractivity contribution in [1.29, 1.82) is 0 Å². The molecular weight excluding hydrogens is 1290 g/mol. The van der Waals surface area contributed by atoms with Crippen LogP contribution >= 0.6 is 15.6 Å². The van der Waals surface area contributed by atoms with Crippen LogP contribution in [0.5, 0.6) is 0 Å². The van der Waals surface area contributed by atoms with Crippen LogP contribution in [-0.2, 0) is 65.4 Å². The second-order valence-electron chi connectivity index (χ2n) is 29.5. The van der Waals surface area contributed by atoms with Gasteiger partial charge in [0.2, 0.25) is 0 Å². The summed E-state index contributed by atoms with van der Waals surface area (Å²) in [4.78, 5) is 72.9. The molecule has 0 aliphatic carbocycles. The first-order valence-electron chi connectivity index (χ1n) is 40.7. The van der Waals surface area contributed by atoms with E-state index in [0.29, 0.717) is 31.6 Å². The van der Waals surface area contributed by atoms with Crippen molar-refractivity contribution in [2.75, 3.05) is 39.6 Å². The molecule has 19 heteroatoms. The topological polar surface area (TPSA) is 237 Å². The summed E-state index contributed by atoms with van der Waals surface area (Å²) in [5, 5.41) is 10.6. The summed E-state index contributed by atoms with van der Waals surface area (Å²) in [7, 11) is -9.93. The molecule has 584 valence electrons. The SMILES string of the molecule is CCCCCC/C=C\C=C/CCCCCCCC(=O)O[C@H](COC(=O)CCCCCCCCCCCCCCCC(C)C)COP(=O)(O)OCC(O)COP(=O)(O)OC[C@@H](COC(=O)CCCCCCCCCC(C)C)OC(=O)CCCCCCCCCCCCCCCCCC(C)C. The number of aliphatic hydroxyl groups excluding tert-OH is 1. The van der Waals surface area contributed by atoms with Gasteiger partial charge in [-0.1, -0.05) is 336 Å². The van der Waals surface area contributed by atoms with E-state index in [1.807, 2.05) is 0 Å². The van der Waals surface area contributed by atoms with Crippen LogP contribution in [0, 0.1) is 17.8 Å². The Bertz CT molecular complexity index is 2020. The van der Waals surface area contributed by atoms with Crippen molar-refractivity contribution in [3.05, 3.63) is 24.3 Å². The van der Waals surface area contributed by atoms with Crippen molar-refractivity contribution >= 4 is 39.5 Å². The van der Waals surface area contributed by atoms with Crippen molar-refractivity contribution in [3.63, 3.8) is 0 Å². The lowest BCUT2D eigenvalue weighted by molar-refractivity contribution is -0.161. The van der Waals surface area contributed by atoms with E-state index in [1.165, 1.54) is 180 Å². The highest BCUT2D eigenvalue weighted by atomic mass is 31.2. The van der Waals surface area contributed by atoms with E-state index < -0.39 is 97.5 Å². The number of esters is 4. The summed E-state index contributed by atoms with van der Waals surface area (Å²) in [6, 6.07) is 0. The highest BCUT2D eigenvalue weighted by molar-refractivity contribution is 7.47. The Labute approximate surface area is 605 Å². The smallest absolute Gasteiger partial charge is 0.462 e. The number of carbonyl (C=O) groups is 4. The number of aliphatic hydroxyl groups is 1. The monoisotopic (exact) mass is 1450 g/mol. The lowest BCUT2D eigenvalue weighted by atomic mass is 10.0. The van der Waals surface area contributed by atoms with E-state index in [1.54, 1.807) is 0 Å². The maximum atomic E-state index is 13.1. The number of hydrogen-bond donors (Lipinski definition) is 3. The molecule has 0 fully saturated rings. The van der Waals surface area contributed by atoms with Gasteiger partial charge in [0.15, 0.2) is 12.2 Å². The molecule has 0 aromatic heterocycles. The summed E-state index contributed by atoms with van der Waals surface area (Å²) in [6.45, 7) is 11.8. The molecule has 3 N–H and O–H groups in total. The number of phosphoric ester groups is 2. The van der Waals surface area contributed by atoms with Gasteiger partial charge in [-0.15, -0.1) is 0 Å². The van der Waals surface area contributed by atoms with Gasteiger partial charge in [-0.05, 0) is 69.1 Å². The van der Waals surface area contributed by atoms with Crippen molar-refractivity contribution in [2.24, 2.45) is 17.8 Å². The number of phosphoric acid groups is 2. The van der Waals surface area contributed by atoms with E-state index in [4.69, 9.17) is 37.0 Å². The summed E-state index contributed by atoms with van der Waals surface area (Å²) < 4.78 is 68.6. The molecule has 0 radical (unpaired) electrons. The van der Waals surface area contributed by atoms with Crippen molar-refractivity contribution in [3.8, 4) is 0 Å². The highest BCUT2D eigenvalue weighted by Crippen LogP contribution is 2.45. The predicted molar refractivity (Wildman–Crippen MR) is 404 cm³/mol. The second-order valence-corrected chi connectivity index (χ2v) is 32.5. The van der Waals surface area contributed by atoms with Gasteiger partial charge < -0.3 is 33.8 Å². The van der Waals surface area contributed by atoms with Gasteiger partial charge >= 0.3 is 39.5 Å². The van der Waals surface area contributed by atoms with Crippen LogP contribution in [0.4, 0.5) is 0 Å². The quantitative estimate of drug-likeness (QED) is 0.0169. The van der Waals surface area contributed by atoms with Crippen LogP contribution in [0.2, 0.25) is 0 Å². The number of hydrogen-bond acceptors (Lipinski definition) is 15. The Morgan fingerprint density at radius 3 is 0.818 bits per heavy atom. The largest absolute Gasteiger partial charge is 0.472 e. The van der Waals surface area contributed by atoms with Gasteiger partial charge in [-0.3, -0.25) is 37.3 Å². The summed E-state index contributed by atoms with van der Waals surface area (Å²) >= 11 is 0. The summed E-state index contributed by atoms with van der Waals surface area (Å²) in [5.41, 5.74) is 0. The maximum absolute atomic E-state index is 13.1. The van der Waals surface area contributed by atoms with Crippen LogP contribution < -0.4 is 0 Å². The zero-order chi connectivity index (χ0) is 73.0. The molecule has 17 nitrogen and oxygen atoms in total. The van der Waals surface area contributed by atoms with E-state index in [0.717, 1.165) is 121 Å². The molecule has 99 heavy (non-hydrogen) atoms. The maximum Gasteiger partial charge on any atom is 0.472 e. The molecule has 0 bridgehead atoms. The lowest BCUT2D eigenvalue weighted by Gasteiger charge is -2.21. The Kier molecular flexibility index (Phi) is 68.1. The van der Waals surface area contributed by atoms with Crippen LogP contribution in [-0.4, -0.2) is 96.7 Å². The molecule has 5 atom stereocenters. The van der Waals surface area contributed by atoms with E-state index in [-0.39, 0.29) is 25.7 Å². The molecule has 0 rings (SSSR count). The molecular formula is C80H152O17P2. The lowest BCUT2D eigenvalue weighted by Crippen LogP contribution is -2.30. The standard InChI is InChI=1S/C80H152O17P2/c1-8-9-10-11-12-13-14-15-17-23-29-34-41-49-56-63-79(84)96-75(67-90-77(82)61-54-47-40-33-28-25-20-22-27-32-38-45-52-59-72(4)5)69-94-98(86,87)92-65-74(81)66-93-99(88,89)95-70-76(68-91-78(83)62-55-48-43-36-39-46-53-60-73(6)7)97-80(85)64-57-50-42-35-30-24-19-16-18-21-26-31-37-44-51-58-71(2)3/h13-15,17,71-76,81H,8-12,16,18-70H2,1-7H3,(H,86,87)(H,88,89)/b14-13-,17-15-/t74?,75-,76-/m1/s1.